The summed E-state index contributed by atoms with van der Waals surface area (Å²) in [7, 11) is 0. The van der Waals surface area contributed by atoms with Gasteiger partial charge in [-0.1, -0.05) is 24.3 Å². The summed E-state index contributed by atoms with van der Waals surface area (Å²) < 4.78 is 10.5. The molecule has 6 nitrogen and oxygen atoms in total. The van der Waals surface area contributed by atoms with Crippen molar-refractivity contribution in [3.05, 3.63) is 35.9 Å². The summed E-state index contributed by atoms with van der Waals surface area (Å²) in [5.74, 6) is 0.291. The highest BCUT2D eigenvalue weighted by Gasteiger charge is 2.20. The fraction of sp³-hybridized carbons (Fsp3) is 0.389. The molecule has 0 aromatic heterocycles. The number of ether oxygens (including phenoxy) is 2. The molecule has 0 fully saturated rings. The second-order valence-corrected chi connectivity index (χ2v) is 6.60. The van der Waals surface area contributed by atoms with Crippen molar-refractivity contribution in [3.63, 3.8) is 0 Å². The third kappa shape index (κ3) is 4.37. The lowest BCUT2D eigenvalue weighted by atomic mass is 9.97. The monoisotopic (exact) mass is 333 g/mol. The van der Waals surface area contributed by atoms with Gasteiger partial charge in [-0.2, -0.15) is 0 Å². The van der Waals surface area contributed by atoms with Gasteiger partial charge < -0.3 is 25.4 Å². The minimum atomic E-state index is -0.909. The summed E-state index contributed by atoms with van der Waals surface area (Å²) in [6, 6.07) is 8.79. The molecule has 0 heterocycles. The number of carbonyl (C=O) groups is 1. The van der Waals surface area contributed by atoms with Gasteiger partial charge in [-0.25, -0.2) is 4.79 Å². The molecule has 2 aromatic carbocycles. The van der Waals surface area contributed by atoms with Gasteiger partial charge in [-0.3, -0.25) is 0 Å². The van der Waals surface area contributed by atoms with E-state index in [0.29, 0.717) is 22.4 Å². The third-order valence-electron chi connectivity index (χ3n) is 3.39. The number of nitrogen functional groups attached to an aromatic ring is 1. The molecular weight excluding hydrogens is 310 g/mol. The van der Waals surface area contributed by atoms with Gasteiger partial charge >= 0.3 is 6.16 Å². The van der Waals surface area contributed by atoms with Gasteiger partial charge in [0, 0.05) is 23.6 Å². The number of carbonyl (C=O) groups excluding carboxylic acids is 1. The lowest BCUT2D eigenvalue weighted by Gasteiger charge is -2.20. The zero-order valence-electron chi connectivity index (χ0n) is 14.1. The molecule has 0 aliphatic rings. The topological polar surface area (TPSA) is 102 Å². The van der Waals surface area contributed by atoms with Crippen molar-refractivity contribution >= 4 is 22.6 Å². The molecule has 0 saturated heterocycles. The number of fused-ring (bicyclic) bond motifs is 1. The number of rotatable bonds is 4. The molecule has 0 radical (unpaired) electrons. The van der Waals surface area contributed by atoms with Crippen molar-refractivity contribution in [3.8, 4) is 5.75 Å². The van der Waals surface area contributed by atoms with Crippen LogP contribution in [0.2, 0.25) is 0 Å². The van der Waals surface area contributed by atoms with E-state index in [9.17, 15) is 9.90 Å². The summed E-state index contributed by atoms with van der Waals surface area (Å²) in [6.07, 6.45) is -1.52. The first-order valence-corrected chi connectivity index (χ1v) is 7.71. The molecule has 6 heteroatoms. The fourth-order valence-corrected chi connectivity index (χ4v) is 2.40. The summed E-state index contributed by atoms with van der Waals surface area (Å²) in [5.41, 5.74) is 6.48. The Kier molecular flexibility index (Phi) is 5.31. The Morgan fingerprint density at radius 1 is 1.25 bits per heavy atom. The Hall–Kier alpha value is -2.31. The molecular formula is C18H23NO5. The number of nitrogens with two attached hydrogens (primary N) is 1. The van der Waals surface area contributed by atoms with E-state index in [4.69, 9.17) is 20.3 Å². The van der Waals surface area contributed by atoms with Gasteiger partial charge in [0.2, 0.25) is 0 Å². The maximum atomic E-state index is 11.9. The van der Waals surface area contributed by atoms with Crippen molar-refractivity contribution < 1.29 is 24.5 Å². The molecule has 1 atom stereocenters. The first-order valence-electron chi connectivity index (χ1n) is 7.71. The quantitative estimate of drug-likeness (QED) is 0.452. The fourth-order valence-electron chi connectivity index (χ4n) is 2.40. The van der Waals surface area contributed by atoms with Gasteiger partial charge in [0.05, 0.1) is 12.7 Å². The van der Waals surface area contributed by atoms with Crippen molar-refractivity contribution in [2.45, 2.75) is 38.9 Å². The lowest BCUT2D eigenvalue weighted by Crippen LogP contribution is -2.26. The number of hydrogen-bond donors (Lipinski definition) is 3. The highest BCUT2D eigenvalue weighted by molar-refractivity contribution is 5.96. The van der Waals surface area contributed by atoms with Crippen molar-refractivity contribution in [2.75, 3.05) is 12.3 Å². The normalized spacial score (nSPS) is 12.9. The van der Waals surface area contributed by atoms with Crippen LogP contribution in [0.1, 0.15) is 26.3 Å². The van der Waals surface area contributed by atoms with Crippen molar-refractivity contribution in [1.29, 1.82) is 0 Å². The molecule has 0 aliphatic heterocycles. The molecule has 2 rings (SSSR count). The Morgan fingerprint density at radius 3 is 2.46 bits per heavy atom. The summed E-state index contributed by atoms with van der Waals surface area (Å²) >= 11 is 0. The molecule has 2 aromatic rings. The van der Waals surface area contributed by atoms with Gasteiger partial charge in [0.25, 0.3) is 0 Å². The molecule has 0 saturated carbocycles. The van der Waals surface area contributed by atoms with E-state index < -0.39 is 17.9 Å². The minimum absolute atomic E-state index is 0.204. The van der Waals surface area contributed by atoms with Crippen LogP contribution in [-0.4, -0.2) is 34.7 Å². The van der Waals surface area contributed by atoms with Crippen LogP contribution in [0, 0.1) is 0 Å². The lowest BCUT2D eigenvalue weighted by molar-refractivity contribution is 0.0209. The van der Waals surface area contributed by atoms with Crippen LogP contribution in [-0.2, 0) is 11.2 Å². The average Bonchev–Trinajstić information content (AvgIpc) is 2.49. The minimum Gasteiger partial charge on any atom is -0.428 e. The predicted octanol–water partition coefficient (Wildman–Crippen LogP) is 2.63. The number of aliphatic hydroxyl groups excluding tert-OH is 2. The summed E-state index contributed by atoms with van der Waals surface area (Å²) in [4.78, 5) is 11.9. The number of aliphatic hydroxyl groups is 2. The highest BCUT2D eigenvalue weighted by atomic mass is 16.7. The molecule has 24 heavy (non-hydrogen) atoms. The second-order valence-electron chi connectivity index (χ2n) is 6.60. The van der Waals surface area contributed by atoms with E-state index in [1.165, 1.54) is 6.07 Å². The maximum Gasteiger partial charge on any atom is 0.514 e. The van der Waals surface area contributed by atoms with Gasteiger partial charge in [0.1, 0.15) is 11.4 Å². The van der Waals surface area contributed by atoms with Crippen LogP contribution in [0.5, 0.6) is 5.75 Å². The Morgan fingerprint density at radius 2 is 1.88 bits per heavy atom. The first-order chi connectivity index (χ1) is 11.2. The van der Waals surface area contributed by atoms with Crippen LogP contribution in [0.4, 0.5) is 10.5 Å². The molecule has 0 aliphatic carbocycles. The van der Waals surface area contributed by atoms with Crippen LogP contribution >= 0.6 is 0 Å². The molecule has 4 N–H and O–H groups in total. The molecule has 130 valence electrons. The largest absolute Gasteiger partial charge is 0.514 e. The van der Waals surface area contributed by atoms with Crippen LogP contribution in [0.3, 0.4) is 0 Å². The summed E-state index contributed by atoms with van der Waals surface area (Å²) in [5, 5.41) is 20.2. The van der Waals surface area contributed by atoms with Crippen molar-refractivity contribution in [1.82, 2.24) is 0 Å². The molecule has 0 unspecified atom stereocenters. The molecule has 0 amide bonds. The number of benzene rings is 2. The second kappa shape index (κ2) is 7.07. The smallest absolute Gasteiger partial charge is 0.428 e. The van der Waals surface area contributed by atoms with E-state index >= 15 is 0 Å². The van der Waals surface area contributed by atoms with Crippen molar-refractivity contribution in [2.24, 2.45) is 0 Å². The van der Waals surface area contributed by atoms with E-state index in [1.807, 2.05) is 18.2 Å². The van der Waals surface area contributed by atoms with E-state index in [-0.39, 0.29) is 13.0 Å². The van der Waals surface area contributed by atoms with E-state index in [0.717, 1.165) is 5.39 Å². The third-order valence-corrected chi connectivity index (χ3v) is 3.39. The van der Waals surface area contributed by atoms with Gasteiger partial charge in [-0.05, 0) is 31.7 Å². The SMILES string of the molecule is CC(C)(C)OC(=O)Oc1cc(N)c(C[C@H](O)CO)c2ccccc12. The number of anilines is 1. The predicted molar refractivity (Wildman–Crippen MR) is 92.0 cm³/mol. The van der Waals surface area contributed by atoms with Crippen LogP contribution < -0.4 is 10.5 Å². The Balaban J connectivity index is 2.42. The Bertz CT molecular complexity index is 736. The molecule has 0 spiro atoms. The van der Waals surface area contributed by atoms with Gasteiger partial charge in [0.15, 0.2) is 0 Å². The Labute approximate surface area is 140 Å². The summed E-state index contributed by atoms with van der Waals surface area (Å²) in [6.45, 7) is 4.89. The van der Waals surface area contributed by atoms with E-state index in [2.05, 4.69) is 0 Å². The molecule has 0 bridgehead atoms. The first kappa shape index (κ1) is 18.0. The van der Waals surface area contributed by atoms with Gasteiger partial charge in [-0.15, -0.1) is 0 Å². The van der Waals surface area contributed by atoms with E-state index in [1.54, 1.807) is 26.8 Å². The van der Waals surface area contributed by atoms with Crippen LogP contribution in [0.25, 0.3) is 10.8 Å². The maximum absolute atomic E-state index is 11.9. The average molecular weight is 333 g/mol. The standard InChI is InChI=1S/C18H23NO5/c1-18(2,3)24-17(22)23-16-9-15(19)14(8-11(21)10-20)12-6-4-5-7-13(12)16/h4-7,9,11,20-21H,8,10,19H2,1-3H3/t11-/m0/s1. The zero-order chi connectivity index (χ0) is 17.9. The number of hydrogen-bond acceptors (Lipinski definition) is 6. The van der Waals surface area contributed by atoms with Crippen LogP contribution in [0.15, 0.2) is 30.3 Å². The zero-order valence-corrected chi connectivity index (χ0v) is 14.1. The highest BCUT2D eigenvalue weighted by Crippen LogP contribution is 2.34.